The highest BCUT2D eigenvalue weighted by molar-refractivity contribution is 5.81. The average molecular weight is 229 g/mol. The number of rotatable bonds is 6. The average Bonchev–Trinajstić information content (AvgIpc) is 2.78. The van der Waals surface area contributed by atoms with E-state index in [2.05, 4.69) is 5.32 Å². The molecule has 0 unspecified atom stereocenters. The summed E-state index contributed by atoms with van der Waals surface area (Å²) >= 11 is 0. The van der Waals surface area contributed by atoms with E-state index in [-0.39, 0.29) is 18.0 Å². The molecule has 1 heterocycles. The standard InChI is InChI=1S/C11H19NO4/c1-2-15-10(13)6-3-7-12-11(14)9-5-4-8-16-9/h9H,2-8H2,1H3,(H,12,14)/t9-/m0/s1. The number of carbonyl (C=O) groups is 2. The van der Waals surface area contributed by atoms with Crippen molar-refractivity contribution < 1.29 is 19.1 Å². The van der Waals surface area contributed by atoms with Crippen LogP contribution in [0.4, 0.5) is 0 Å². The Morgan fingerprint density at radius 3 is 2.94 bits per heavy atom. The summed E-state index contributed by atoms with van der Waals surface area (Å²) < 4.78 is 10.0. The third kappa shape index (κ3) is 4.61. The normalized spacial score (nSPS) is 19.4. The largest absolute Gasteiger partial charge is 0.466 e. The van der Waals surface area contributed by atoms with Gasteiger partial charge in [0.15, 0.2) is 0 Å². The number of amides is 1. The summed E-state index contributed by atoms with van der Waals surface area (Å²) in [5.41, 5.74) is 0. The van der Waals surface area contributed by atoms with E-state index in [0.717, 1.165) is 12.8 Å². The topological polar surface area (TPSA) is 64.6 Å². The van der Waals surface area contributed by atoms with Gasteiger partial charge in [-0.25, -0.2) is 0 Å². The van der Waals surface area contributed by atoms with E-state index in [9.17, 15) is 9.59 Å². The first-order valence-corrected chi connectivity index (χ1v) is 5.79. The second-order valence-corrected chi connectivity index (χ2v) is 3.70. The van der Waals surface area contributed by atoms with Gasteiger partial charge in [0, 0.05) is 19.6 Å². The lowest BCUT2D eigenvalue weighted by molar-refractivity contribution is -0.143. The third-order valence-electron chi connectivity index (χ3n) is 2.38. The molecule has 1 rings (SSSR count). The molecule has 0 aliphatic carbocycles. The van der Waals surface area contributed by atoms with Crippen LogP contribution in [-0.4, -0.2) is 37.7 Å². The molecule has 0 aromatic heterocycles. The summed E-state index contributed by atoms with van der Waals surface area (Å²) in [4.78, 5) is 22.4. The summed E-state index contributed by atoms with van der Waals surface area (Å²) in [7, 11) is 0. The molecule has 0 aromatic carbocycles. The zero-order valence-electron chi connectivity index (χ0n) is 9.66. The minimum Gasteiger partial charge on any atom is -0.466 e. The summed E-state index contributed by atoms with van der Waals surface area (Å²) in [5.74, 6) is -0.282. The van der Waals surface area contributed by atoms with Gasteiger partial charge in [0.2, 0.25) is 5.91 Å². The highest BCUT2D eigenvalue weighted by atomic mass is 16.5. The first-order valence-electron chi connectivity index (χ1n) is 5.79. The molecular weight excluding hydrogens is 210 g/mol. The molecule has 1 aliphatic rings. The van der Waals surface area contributed by atoms with Gasteiger partial charge in [0.1, 0.15) is 6.10 Å². The quantitative estimate of drug-likeness (QED) is 0.536. The van der Waals surface area contributed by atoms with Crippen LogP contribution in [0.25, 0.3) is 0 Å². The van der Waals surface area contributed by atoms with Gasteiger partial charge in [0.25, 0.3) is 0 Å². The van der Waals surface area contributed by atoms with Crippen LogP contribution in [-0.2, 0) is 19.1 Å². The van der Waals surface area contributed by atoms with Gasteiger partial charge in [-0.2, -0.15) is 0 Å². The molecule has 0 aromatic rings. The van der Waals surface area contributed by atoms with E-state index in [1.54, 1.807) is 6.92 Å². The fourth-order valence-electron chi connectivity index (χ4n) is 1.58. The first kappa shape index (κ1) is 13.0. The summed E-state index contributed by atoms with van der Waals surface area (Å²) in [6, 6.07) is 0. The van der Waals surface area contributed by atoms with Gasteiger partial charge in [-0.3, -0.25) is 9.59 Å². The van der Waals surface area contributed by atoms with E-state index in [1.165, 1.54) is 0 Å². The van der Waals surface area contributed by atoms with Crippen LogP contribution in [0.2, 0.25) is 0 Å². The second kappa shape index (κ2) is 7.22. The number of ether oxygens (including phenoxy) is 2. The minimum atomic E-state index is -0.289. The van der Waals surface area contributed by atoms with Crippen LogP contribution in [0.1, 0.15) is 32.6 Å². The lowest BCUT2D eigenvalue weighted by Crippen LogP contribution is -2.34. The second-order valence-electron chi connectivity index (χ2n) is 3.70. The highest BCUT2D eigenvalue weighted by Gasteiger charge is 2.22. The SMILES string of the molecule is CCOC(=O)CCCNC(=O)[C@@H]1CCCO1. The van der Waals surface area contributed by atoms with Crippen molar-refractivity contribution in [3.8, 4) is 0 Å². The Labute approximate surface area is 95.5 Å². The van der Waals surface area contributed by atoms with Gasteiger partial charge in [0.05, 0.1) is 6.61 Å². The fourth-order valence-corrected chi connectivity index (χ4v) is 1.58. The van der Waals surface area contributed by atoms with Crippen LogP contribution in [0, 0.1) is 0 Å². The van der Waals surface area contributed by atoms with Gasteiger partial charge in [-0.05, 0) is 26.2 Å². The molecule has 1 fully saturated rings. The molecule has 1 aliphatic heterocycles. The molecule has 5 nitrogen and oxygen atoms in total. The van der Waals surface area contributed by atoms with Gasteiger partial charge < -0.3 is 14.8 Å². The zero-order valence-corrected chi connectivity index (χ0v) is 9.66. The Bertz CT molecular complexity index is 236. The first-order chi connectivity index (χ1) is 7.74. The molecule has 16 heavy (non-hydrogen) atoms. The predicted molar refractivity (Wildman–Crippen MR) is 57.9 cm³/mol. The maximum atomic E-state index is 11.5. The van der Waals surface area contributed by atoms with Crippen LogP contribution < -0.4 is 5.32 Å². The third-order valence-corrected chi connectivity index (χ3v) is 2.38. The Hall–Kier alpha value is -1.10. The molecule has 0 saturated carbocycles. The smallest absolute Gasteiger partial charge is 0.305 e. The van der Waals surface area contributed by atoms with E-state index < -0.39 is 0 Å². The van der Waals surface area contributed by atoms with Crippen molar-refractivity contribution in [3.05, 3.63) is 0 Å². The molecular formula is C11H19NO4. The van der Waals surface area contributed by atoms with Gasteiger partial charge >= 0.3 is 5.97 Å². The summed E-state index contributed by atoms with van der Waals surface area (Å²) in [5, 5.41) is 2.75. The Morgan fingerprint density at radius 2 is 2.31 bits per heavy atom. The molecule has 0 spiro atoms. The lowest BCUT2D eigenvalue weighted by atomic mass is 10.2. The summed E-state index contributed by atoms with van der Waals surface area (Å²) in [6.07, 6.45) is 2.41. The van der Waals surface area contributed by atoms with Crippen molar-refractivity contribution in [1.29, 1.82) is 0 Å². The van der Waals surface area contributed by atoms with Crippen LogP contribution in [0.5, 0.6) is 0 Å². The van der Waals surface area contributed by atoms with E-state index in [1.807, 2.05) is 0 Å². The highest BCUT2D eigenvalue weighted by Crippen LogP contribution is 2.11. The molecule has 5 heteroatoms. The van der Waals surface area contributed by atoms with Crippen LogP contribution >= 0.6 is 0 Å². The van der Waals surface area contributed by atoms with Gasteiger partial charge in [-0.15, -0.1) is 0 Å². The number of hydrogen-bond acceptors (Lipinski definition) is 4. The molecule has 0 bridgehead atoms. The molecule has 1 saturated heterocycles. The van der Waals surface area contributed by atoms with E-state index in [0.29, 0.717) is 32.6 Å². The van der Waals surface area contributed by atoms with Crippen molar-refractivity contribution in [2.75, 3.05) is 19.8 Å². The monoisotopic (exact) mass is 229 g/mol. The fraction of sp³-hybridized carbons (Fsp3) is 0.818. The van der Waals surface area contributed by atoms with Crippen molar-refractivity contribution >= 4 is 11.9 Å². The number of esters is 1. The Morgan fingerprint density at radius 1 is 1.50 bits per heavy atom. The van der Waals surface area contributed by atoms with Crippen molar-refractivity contribution in [1.82, 2.24) is 5.32 Å². The minimum absolute atomic E-state index is 0.0682. The van der Waals surface area contributed by atoms with Crippen LogP contribution in [0.3, 0.4) is 0 Å². The number of carbonyl (C=O) groups excluding carboxylic acids is 2. The van der Waals surface area contributed by atoms with Crippen molar-refractivity contribution in [2.45, 2.75) is 38.7 Å². The van der Waals surface area contributed by atoms with Gasteiger partial charge in [-0.1, -0.05) is 0 Å². The molecule has 1 amide bonds. The predicted octanol–water partition coefficient (Wildman–Crippen LogP) is 0.625. The lowest BCUT2D eigenvalue weighted by Gasteiger charge is -2.09. The Kier molecular flexibility index (Phi) is 5.85. The Balaban J connectivity index is 2.02. The molecule has 92 valence electrons. The molecule has 1 atom stereocenters. The molecule has 0 radical (unpaired) electrons. The van der Waals surface area contributed by atoms with E-state index >= 15 is 0 Å². The number of hydrogen-bond donors (Lipinski definition) is 1. The van der Waals surface area contributed by atoms with Crippen molar-refractivity contribution in [2.24, 2.45) is 0 Å². The maximum Gasteiger partial charge on any atom is 0.305 e. The van der Waals surface area contributed by atoms with Crippen LogP contribution in [0.15, 0.2) is 0 Å². The maximum absolute atomic E-state index is 11.5. The van der Waals surface area contributed by atoms with E-state index in [4.69, 9.17) is 9.47 Å². The number of nitrogens with one attached hydrogen (secondary N) is 1. The molecule has 1 N–H and O–H groups in total. The zero-order chi connectivity index (χ0) is 11.8. The van der Waals surface area contributed by atoms with Crippen molar-refractivity contribution in [3.63, 3.8) is 0 Å². The summed E-state index contributed by atoms with van der Waals surface area (Å²) in [6.45, 7) is 3.34.